The zero-order valence-electron chi connectivity index (χ0n) is 12.8. The molecule has 1 aromatic heterocycles. The van der Waals surface area contributed by atoms with E-state index >= 15 is 0 Å². The Bertz CT molecular complexity index is 895. The van der Waals surface area contributed by atoms with E-state index in [0.717, 1.165) is 11.4 Å². The van der Waals surface area contributed by atoms with Crippen molar-refractivity contribution in [1.82, 2.24) is 9.97 Å². The average Bonchev–Trinajstić information content (AvgIpc) is 2.68. The largest absolute Gasteiger partial charge is 0.497 e. The Morgan fingerprint density at radius 3 is 2.22 bits per heavy atom. The number of fused-ring (bicyclic) bond motifs is 1. The van der Waals surface area contributed by atoms with Gasteiger partial charge in [0.15, 0.2) is 0 Å². The van der Waals surface area contributed by atoms with Gasteiger partial charge in [-0.3, -0.25) is 10.2 Å². The molecular weight excluding hydrogens is 292 g/mol. The summed E-state index contributed by atoms with van der Waals surface area (Å²) in [5.41, 5.74) is 8.45. The molecule has 1 heterocycles. The average molecular weight is 308 g/mol. The van der Waals surface area contributed by atoms with Gasteiger partial charge >= 0.3 is 0 Å². The molecule has 6 heteroatoms. The minimum atomic E-state index is -0.364. The van der Waals surface area contributed by atoms with E-state index in [0.29, 0.717) is 22.4 Å². The molecule has 23 heavy (non-hydrogen) atoms. The maximum atomic E-state index is 12.3. The quantitative estimate of drug-likeness (QED) is 0.722. The third kappa shape index (κ3) is 3.21. The van der Waals surface area contributed by atoms with E-state index in [4.69, 9.17) is 4.74 Å². The third-order valence-corrected chi connectivity index (χ3v) is 3.39. The summed E-state index contributed by atoms with van der Waals surface area (Å²) < 4.78 is 5.11. The van der Waals surface area contributed by atoms with Crippen molar-refractivity contribution < 1.29 is 4.74 Å². The van der Waals surface area contributed by atoms with Gasteiger partial charge < -0.3 is 10.2 Å². The summed E-state index contributed by atoms with van der Waals surface area (Å²) in [7, 11) is 1.61. The number of aromatic nitrogens is 2. The number of aryl methyl sites for hydroxylation is 1. The van der Waals surface area contributed by atoms with Gasteiger partial charge in [0.2, 0.25) is 0 Å². The van der Waals surface area contributed by atoms with Crippen LogP contribution in [0.25, 0.3) is 11.0 Å². The van der Waals surface area contributed by atoms with Crippen molar-refractivity contribution >= 4 is 22.4 Å². The fourth-order valence-electron chi connectivity index (χ4n) is 2.16. The van der Waals surface area contributed by atoms with Crippen molar-refractivity contribution in [3.63, 3.8) is 0 Å². The van der Waals surface area contributed by atoms with Gasteiger partial charge in [-0.05, 0) is 43.3 Å². The lowest BCUT2D eigenvalue weighted by Crippen LogP contribution is -2.18. The molecule has 0 aliphatic heterocycles. The molecule has 0 spiro atoms. The SMILES string of the molecule is COc1ccc(NNc2c(C)nc3ccccc3nc2=O)cc1. The van der Waals surface area contributed by atoms with Crippen molar-refractivity contribution in [3.8, 4) is 5.75 Å². The molecule has 3 rings (SSSR count). The predicted molar refractivity (Wildman–Crippen MR) is 90.8 cm³/mol. The topological polar surface area (TPSA) is 76.1 Å². The van der Waals surface area contributed by atoms with Crippen LogP contribution in [-0.4, -0.2) is 17.1 Å². The Kier molecular flexibility index (Phi) is 4.05. The highest BCUT2D eigenvalue weighted by molar-refractivity contribution is 5.74. The number of ether oxygens (including phenoxy) is 1. The van der Waals surface area contributed by atoms with Gasteiger partial charge in [-0.15, -0.1) is 0 Å². The number of hydrogen-bond acceptors (Lipinski definition) is 6. The van der Waals surface area contributed by atoms with Crippen LogP contribution in [0.4, 0.5) is 11.4 Å². The summed E-state index contributed by atoms with van der Waals surface area (Å²) in [5, 5.41) is 0. The molecule has 2 N–H and O–H groups in total. The van der Waals surface area contributed by atoms with Crippen molar-refractivity contribution in [2.45, 2.75) is 6.92 Å². The number of rotatable bonds is 4. The first-order valence-corrected chi connectivity index (χ1v) is 7.11. The standard InChI is InChI=1S/C17H16N4O2/c1-11-16(21-20-12-7-9-13(23-2)10-8-12)17(22)19-15-6-4-3-5-14(15)18-11/h3-10,20H,1-2H3,(H,19,21,22). The highest BCUT2D eigenvalue weighted by Gasteiger charge is 2.06. The van der Waals surface area contributed by atoms with Crippen LogP contribution in [0.2, 0.25) is 0 Å². The normalized spacial score (nSPS) is 10.3. The Balaban J connectivity index is 1.91. The number of anilines is 2. The molecule has 0 radical (unpaired) electrons. The third-order valence-electron chi connectivity index (χ3n) is 3.39. The number of methoxy groups -OCH3 is 1. The fourth-order valence-corrected chi connectivity index (χ4v) is 2.16. The van der Waals surface area contributed by atoms with E-state index in [1.165, 1.54) is 0 Å². The molecule has 0 fully saturated rings. The maximum Gasteiger partial charge on any atom is 0.297 e. The van der Waals surface area contributed by atoms with Crippen LogP contribution in [0.15, 0.2) is 53.3 Å². The van der Waals surface area contributed by atoms with E-state index in [-0.39, 0.29) is 5.56 Å². The number of hydrazine groups is 1. The van der Waals surface area contributed by atoms with Crippen molar-refractivity contribution in [3.05, 3.63) is 64.6 Å². The fraction of sp³-hybridized carbons (Fsp3) is 0.118. The molecule has 116 valence electrons. The second kappa shape index (κ2) is 6.31. The minimum absolute atomic E-state index is 0.317. The van der Waals surface area contributed by atoms with Gasteiger partial charge in [0.25, 0.3) is 5.56 Å². The highest BCUT2D eigenvalue weighted by Crippen LogP contribution is 2.16. The molecule has 0 saturated carbocycles. The number of nitrogens with zero attached hydrogens (tertiary/aromatic N) is 2. The first-order valence-electron chi connectivity index (χ1n) is 7.11. The van der Waals surface area contributed by atoms with Gasteiger partial charge in [0.1, 0.15) is 11.4 Å². The highest BCUT2D eigenvalue weighted by atomic mass is 16.5. The van der Waals surface area contributed by atoms with E-state index in [1.54, 1.807) is 20.1 Å². The van der Waals surface area contributed by atoms with Crippen LogP contribution in [0, 0.1) is 6.92 Å². The Hall–Kier alpha value is -3.15. The van der Waals surface area contributed by atoms with Gasteiger partial charge in [-0.2, -0.15) is 0 Å². The molecule has 0 unspecified atom stereocenters. The van der Waals surface area contributed by atoms with Crippen LogP contribution in [0.3, 0.4) is 0 Å². The molecule has 6 nitrogen and oxygen atoms in total. The molecule has 0 atom stereocenters. The summed E-state index contributed by atoms with van der Waals surface area (Å²) in [6.45, 7) is 1.77. The van der Waals surface area contributed by atoms with Gasteiger partial charge in [0, 0.05) is 0 Å². The number of para-hydroxylation sites is 2. The second-order valence-electron chi connectivity index (χ2n) is 4.96. The summed E-state index contributed by atoms with van der Waals surface area (Å²) >= 11 is 0. The summed E-state index contributed by atoms with van der Waals surface area (Å²) in [5.74, 6) is 0.761. The van der Waals surface area contributed by atoms with E-state index in [1.807, 2.05) is 42.5 Å². The first-order chi connectivity index (χ1) is 11.2. The zero-order valence-corrected chi connectivity index (χ0v) is 12.8. The molecule has 2 aromatic carbocycles. The first kappa shape index (κ1) is 14.8. The van der Waals surface area contributed by atoms with Crippen LogP contribution >= 0.6 is 0 Å². The molecule has 0 aliphatic carbocycles. The lowest BCUT2D eigenvalue weighted by Gasteiger charge is -2.09. The monoisotopic (exact) mass is 308 g/mol. The molecule has 0 saturated heterocycles. The van der Waals surface area contributed by atoms with Crippen LogP contribution < -0.4 is 21.1 Å². The Morgan fingerprint density at radius 2 is 1.57 bits per heavy atom. The molecule has 0 amide bonds. The number of nitrogens with one attached hydrogen (secondary N) is 2. The zero-order chi connectivity index (χ0) is 16.2. The van der Waals surface area contributed by atoms with Gasteiger partial charge in [-0.1, -0.05) is 12.1 Å². The van der Waals surface area contributed by atoms with Crippen molar-refractivity contribution in [2.24, 2.45) is 0 Å². The van der Waals surface area contributed by atoms with E-state index in [2.05, 4.69) is 20.8 Å². The lowest BCUT2D eigenvalue weighted by atomic mass is 10.3. The van der Waals surface area contributed by atoms with E-state index < -0.39 is 0 Å². The van der Waals surface area contributed by atoms with Crippen LogP contribution in [-0.2, 0) is 0 Å². The Morgan fingerprint density at radius 1 is 0.913 bits per heavy atom. The van der Waals surface area contributed by atoms with Gasteiger partial charge in [-0.25, -0.2) is 9.97 Å². The lowest BCUT2D eigenvalue weighted by molar-refractivity contribution is 0.415. The smallest absolute Gasteiger partial charge is 0.297 e. The number of hydrogen-bond donors (Lipinski definition) is 2. The minimum Gasteiger partial charge on any atom is -0.497 e. The molecular formula is C17H16N4O2. The van der Waals surface area contributed by atoms with Crippen molar-refractivity contribution in [1.29, 1.82) is 0 Å². The molecule has 3 aromatic rings. The molecule has 0 bridgehead atoms. The maximum absolute atomic E-state index is 12.3. The Labute approximate surface area is 133 Å². The van der Waals surface area contributed by atoms with E-state index in [9.17, 15) is 4.79 Å². The summed E-state index contributed by atoms with van der Waals surface area (Å²) in [6.07, 6.45) is 0. The summed E-state index contributed by atoms with van der Waals surface area (Å²) in [6, 6.07) is 14.6. The van der Waals surface area contributed by atoms with Crippen molar-refractivity contribution in [2.75, 3.05) is 18.0 Å². The second-order valence-corrected chi connectivity index (χ2v) is 4.96. The van der Waals surface area contributed by atoms with Crippen LogP contribution in [0.5, 0.6) is 5.75 Å². The van der Waals surface area contributed by atoms with Gasteiger partial charge in [0.05, 0.1) is 29.5 Å². The predicted octanol–water partition coefficient (Wildman–Crippen LogP) is 2.75. The molecule has 0 aliphatic rings. The summed E-state index contributed by atoms with van der Waals surface area (Å²) in [4.78, 5) is 20.9. The number of benzene rings is 2. The van der Waals surface area contributed by atoms with Crippen LogP contribution in [0.1, 0.15) is 5.69 Å².